The molecular formula is C26H34N2O6. The molecule has 2 amide bonds. The molecule has 0 aromatic heterocycles. The van der Waals surface area contributed by atoms with E-state index in [0.717, 1.165) is 11.1 Å². The molecule has 3 N–H and O–H groups in total. The van der Waals surface area contributed by atoms with E-state index in [1.54, 1.807) is 38.1 Å². The van der Waals surface area contributed by atoms with Crippen LogP contribution in [0.15, 0.2) is 54.6 Å². The number of nitrogens with one attached hydrogen (secondary N) is 2. The van der Waals surface area contributed by atoms with Crippen LogP contribution in [0.5, 0.6) is 5.75 Å². The van der Waals surface area contributed by atoms with E-state index in [9.17, 15) is 19.5 Å². The number of hydrogen-bond donors (Lipinski definition) is 3. The van der Waals surface area contributed by atoms with Crippen molar-refractivity contribution in [2.24, 2.45) is 11.8 Å². The molecule has 0 saturated carbocycles. The van der Waals surface area contributed by atoms with Gasteiger partial charge < -0.3 is 25.2 Å². The lowest BCUT2D eigenvalue weighted by molar-refractivity contribution is -0.142. The molecule has 8 heteroatoms. The zero-order chi connectivity index (χ0) is 25.1. The van der Waals surface area contributed by atoms with Crippen LogP contribution >= 0.6 is 0 Å². The second kappa shape index (κ2) is 13.2. The fourth-order valence-electron chi connectivity index (χ4n) is 3.11. The summed E-state index contributed by atoms with van der Waals surface area (Å²) in [6.45, 7) is 8.27. The van der Waals surface area contributed by atoms with Crippen molar-refractivity contribution in [3.05, 3.63) is 65.7 Å². The Bertz CT molecular complexity index is 928. The van der Waals surface area contributed by atoms with Crippen molar-refractivity contribution in [3.8, 4) is 5.75 Å². The highest BCUT2D eigenvalue weighted by atomic mass is 16.5. The van der Waals surface area contributed by atoms with Crippen LogP contribution in [-0.4, -0.2) is 41.8 Å². The minimum atomic E-state index is -1.16. The van der Waals surface area contributed by atoms with E-state index >= 15 is 0 Å². The predicted octanol–water partition coefficient (Wildman–Crippen LogP) is 3.78. The lowest BCUT2D eigenvalue weighted by Gasteiger charge is -2.24. The van der Waals surface area contributed by atoms with Crippen LogP contribution < -0.4 is 15.4 Å². The van der Waals surface area contributed by atoms with Gasteiger partial charge in [-0.25, -0.2) is 9.59 Å². The summed E-state index contributed by atoms with van der Waals surface area (Å²) in [6, 6.07) is 14.2. The number of alkyl carbamates (subject to hydrolysis) is 1. The molecule has 0 spiro atoms. The van der Waals surface area contributed by atoms with Crippen LogP contribution in [0.4, 0.5) is 4.79 Å². The van der Waals surface area contributed by atoms with Crippen LogP contribution in [0.2, 0.25) is 0 Å². The number of benzene rings is 2. The van der Waals surface area contributed by atoms with Gasteiger partial charge in [-0.2, -0.15) is 0 Å². The number of rotatable bonds is 12. The lowest BCUT2D eigenvalue weighted by Crippen LogP contribution is -2.54. The van der Waals surface area contributed by atoms with Gasteiger partial charge in [0.05, 0.1) is 6.61 Å². The summed E-state index contributed by atoms with van der Waals surface area (Å²) in [5, 5.41) is 14.7. The molecule has 2 aromatic rings. The molecule has 184 valence electrons. The van der Waals surface area contributed by atoms with Gasteiger partial charge in [0.2, 0.25) is 5.91 Å². The fraction of sp³-hybridized carbons (Fsp3) is 0.423. The Morgan fingerprint density at radius 2 is 1.53 bits per heavy atom. The second-order valence-electron chi connectivity index (χ2n) is 8.88. The number of hydrogen-bond acceptors (Lipinski definition) is 5. The van der Waals surface area contributed by atoms with Gasteiger partial charge in [-0.05, 0) is 35.1 Å². The third kappa shape index (κ3) is 9.13. The summed E-state index contributed by atoms with van der Waals surface area (Å²) < 4.78 is 10.8. The van der Waals surface area contributed by atoms with Gasteiger partial charge in [-0.1, -0.05) is 70.2 Å². The first kappa shape index (κ1) is 26.7. The Morgan fingerprint density at radius 3 is 2.09 bits per heavy atom. The van der Waals surface area contributed by atoms with Gasteiger partial charge in [-0.3, -0.25) is 4.79 Å². The number of carboxylic acids is 1. The fourth-order valence-corrected chi connectivity index (χ4v) is 3.11. The van der Waals surface area contributed by atoms with E-state index in [4.69, 9.17) is 9.47 Å². The predicted molar refractivity (Wildman–Crippen MR) is 128 cm³/mol. The molecule has 2 aromatic carbocycles. The van der Waals surface area contributed by atoms with Gasteiger partial charge in [0.25, 0.3) is 0 Å². The molecule has 0 aliphatic carbocycles. The Balaban J connectivity index is 1.95. The van der Waals surface area contributed by atoms with Crippen molar-refractivity contribution in [1.29, 1.82) is 0 Å². The highest BCUT2D eigenvalue weighted by Gasteiger charge is 2.29. The van der Waals surface area contributed by atoms with E-state index in [-0.39, 0.29) is 18.9 Å². The maximum atomic E-state index is 12.8. The smallest absolute Gasteiger partial charge is 0.408 e. The summed E-state index contributed by atoms with van der Waals surface area (Å²) in [4.78, 5) is 36.9. The van der Waals surface area contributed by atoms with Gasteiger partial charge in [-0.15, -0.1) is 0 Å². The van der Waals surface area contributed by atoms with Gasteiger partial charge >= 0.3 is 12.1 Å². The Kier molecular flexibility index (Phi) is 10.4. The molecule has 2 rings (SSSR count). The molecule has 0 aliphatic rings. The third-order valence-electron chi connectivity index (χ3n) is 5.00. The highest BCUT2D eigenvalue weighted by Crippen LogP contribution is 2.15. The minimum Gasteiger partial charge on any atom is -0.493 e. The van der Waals surface area contributed by atoms with Crippen molar-refractivity contribution in [2.45, 2.75) is 52.8 Å². The molecule has 0 aliphatic heterocycles. The van der Waals surface area contributed by atoms with Crippen molar-refractivity contribution >= 4 is 18.0 Å². The summed E-state index contributed by atoms with van der Waals surface area (Å²) in [7, 11) is 0. The molecule has 0 heterocycles. The molecule has 0 saturated heterocycles. The van der Waals surface area contributed by atoms with Crippen molar-refractivity contribution in [1.82, 2.24) is 10.6 Å². The van der Waals surface area contributed by atoms with E-state index in [1.807, 2.05) is 30.3 Å². The number of aliphatic carboxylic acids is 1. The summed E-state index contributed by atoms with van der Waals surface area (Å²) >= 11 is 0. The first-order valence-corrected chi connectivity index (χ1v) is 11.4. The maximum absolute atomic E-state index is 12.8. The van der Waals surface area contributed by atoms with Crippen LogP contribution in [0.3, 0.4) is 0 Å². The number of carbonyl (C=O) groups is 3. The average molecular weight is 471 g/mol. The topological polar surface area (TPSA) is 114 Å². The number of carboxylic acid groups (broad SMARTS) is 1. The average Bonchev–Trinajstić information content (AvgIpc) is 2.80. The maximum Gasteiger partial charge on any atom is 0.408 e. The van der Waals surface area contributed by atoms with Crippen LogP contribution in [0.1, 0.15) is 38.8 Å². The van der Waals surface area contributed by atoms with E-state index in [2.05, 4.69) is 24.5 Å². The Hall–Kier alpha value is -3.55. The Labute approximate surface area is 200 Å². The molecule has 0 bridgehead atoms. The molecule has 8 nitrogen and oxygen atoms in total. The summed E-state index contributed by atoms with van der Waals surface area (Å²) in [5.41, 5.74) is 1.55. The summed E-state index contributed by atoms with van der Waals surface area (Å²) in [6.07, 6.45) is -0.656. The molecule has 34 heavy (non-hydrogen) atoms. The lowest BCUT2D eigenvalue weighted by atomic mass is 10.0. The molecule has 0 unspecified atom stereocenters. The van der Waals surface area contributed by atoms with Gasteiger partial charge in [0.15, 0.2) is 0 Å². The SMILES string of the molecule is CC(C)COc1ccc(C[C@H](NC(=O)[C@@H](NC(=O)OCc2ccccc2)C(C)C)C(=O)O)cc1. The molecule has 0 fully saturated rings. The first-order valence-electron chi connectivity index (χ1n) is 11.4. The van der Waals surface area contributed by atoms with E-state index in [0.29, 0.717) is 18.3 Å². The standard InChI is InChI=1S/C26H34N2O6/c1-17(2)15-33-21-12-10-19(11-13-21)14-22(25(30)31)27-24(29)23(18(3)4)28-26(32)34-16-20-8-6-5-7-9-20/h5-13,17-18,22-23H,14-16H2,1-4H3,(H,27,29)(H,28,32)(H,30,31)/t22-,23-/m0/s1. The number of ether oxygens (including phenoxy) is 2. The largest absolute Gasteiger partial charge is 0.493 e. The van der Waals surface area contributed by atoms with Crippen molar-refractivity contribution in [2.75, 3.05) is 6.61 Å². The van der Waals surface area contributed by atoms with Crippen LogP contribution in [0, 0.1) is 11.8 Å². The quantitative estimate of drug-likeness (QED) is 0.435. The normalized spacial score (nSPS) is 12.6. The van der Waals surface area contributed by atoms with Crippen LogP contribution in [0.25, 0.3) is 0 Å². The van der Waals surface area contributed by atoms with Crippen molar-refractivity contribution < 1.29 is 29.0 Å². The van der Waals surface area contributed by atoms with Gasteiger partial charge in [0.1, 0.15) is 24.4 Å². The van der Waals surface area contributed by atoms with Crippen LogP contribution in [-0.2, 0) is 27.4 Å². The first-order chi connectivity index (χ1) is 16.2. The third-order valence-corrected chi connectivity index (χ3v) is 5.00. The number of amides is 2. The summed E-state index contributed by atoms with van der Waals surface area (Å²) in [5.74, 6) is -0.939. The van der Waals surface area contributed by atoms with E-state index in [1.165, 1.54) is 0 Å². The van der Waals surface area contributed by atoms with Crippen molar-refractivity contribution in [3.63, 3.8) is 0 Å². The second-order valence-corrected chi connectivity index (χ2v) is 8.88. The molecule has 2 atom stereocenters. The molecule has 0 radical (unpaired) electrons. The zero-order valence-corrected chi connectivity index (χ0v) is 20.1. The molecular weight excluding hydrogens is 436 g/mol. The highest BCUT2D eigenvalue weighted by molar-refractivity contribution is 5.89. The monoisotopic (exact) mass is 470 g/mol. The minimum absolute atomic E-state index is 0.0632. The Morgan fingerprint density at radius 1 is 0.882 bits per heavy atom. The number of carbonyl (C=O) groups excluding carboxylic acids is 2. The van der Waals surface area contributed by atoms with E-state index < -0.39 is 30.1 Å². The zero-order valence-electron chi connectivity index (χ0n) is 20.1. The van der Waals surface area contributed by atoms with Gasteiger partial charge in [0, 0.05) is 6.42 Å².